The maximum absolute atomic E-state index is 12.0. The van der Waals surface area contributed by atoms with Crippen LogP contribution in [0.15, 0.2) is 18.7 Å². The molecule has 1 aliphatic rings. The molecule has 1 aliphatic carbocycles. The highest BCUT2D eigenvalue weighted by molar-refractivity contribution is 5.81. The van der Waals surface area contributed by atoms with Crippen molar-refractivity contribution < 1.29 is 9.53 Å². The summed E-state index contributed by atoms with van der Waals surface area (Å²) in [5, 5.41) is 3.38. The van der Waals surface area contributed by atoms with E-state index in [2.05, 4.69) is 21.8 Å². The van der Waals surface area contributed by atoms with E-state index in [1.807, 2.05) is 12.5 Å². The molecule has 5 nitrogen and oxygen atoms in total. The summed E-state index contributed by atoms with van der Waals surface area (Å²) in [6.07, 6.45) is 9.13. The molecule has 0 radical (unpaired) electrons. The zero-order chi connectivity index (χ0) is 13.0. The Labute approximate surface area is 108 Å². The zero-order valence-corrected chi connectivity index (χ0v) is 11.1. The van der Waals surface area contributed by atoms with Crippen molar-refractivity contribution in [3.8, 4) is 0 Å². The van der Waals surface area contributed by atoms with E-state index >= 15 is 0 Å². The van der Waals surface area contributed by atoms with Gasteiger partial charge in [0.05, 0.1) is 13.4 Å². The maximum atomic E-state index is 12.0. The van der Waals surface area contributed by atoms with Crippen LogP contribution < -0.4 is 5.32 Å². The Kier molecular flexibility index (Phi) is 4.01. The molecule has 1 aromatic rings. The highest BCUT2D eigenvalue weighted by Crippen LogP contribution is 2.38. The molecule has 1 N–H and O–H groups in total. The molecule has 2 atom stereocenters. The van der Waals surface area contributed by atoms with E-state index in [-0.39, 0.29) is 5.97 Å². The van der Waals surface area contributed by atoms with Crippen LogP contribution in [0.1, 0.15) is 38.6 Å². The molecule has 0 spiro atoms. The fourth-order valence-corrected chi connectivity index (χ4v) is 2.74. The minimum Gasteiger partial charge on any atom is -0.468 e. The van der Waals surface area contributed by atoms with Crippen molar-refractivity contribution >= 4 is 5.97 Å². The molecule has 1 saturated carbocycles. The first kappa shape index (κ1) is 13.1. The summed E-state index contributed by atoms with van der Waals surface area (Å²) in [7, 11) is 1.46. The number of esters is 1. The molecule has 1 heterocycles. The molecule has 0 aromatic carbocycles. The highest BCUT2D eigenvalue weighted by Gasteiger charge is 2.46. The summed E-state index contributed by atoms with van der Waals surface area (Å²) in [5.74, 6) is -0.140. The lowest BCUT2D eigenvalue weighted by Gasteiger charge is -2.27. The van der Waals surface area contributed by atoms with Crippen LogP contribution in [0.5, 0.6) is 0 Å². The topological polar surface area (TPSA) is 56.1 Å². The number of hydrogen-bond acceptors (Lipinski definition) is 4. The van der Waals surface area contributed by atoms with Crippen molar-refractivity contribution in [1.29, 1.82) is 0 Å². The summed E-state index contributed by atoms with van der Waals surface area (Å²) in [4.78, 5) is 16.1. The summed E-state index contributed by atoms with van der Waals surface area (Å²) in [6.45, 7) is 2.94. The Balaban J connectivity index is 2.10. The fraction of sp³-hybridized carbons (Fsp3) is 0.692. The van der Waals surface area contributed by atoms with Crippen LogP contribution in [0.2, 0.25) is 0 Å². The minimum absolute atomic E-state index is 0.140. The zero-order valence-electron chi connectivity index (χ0n) is 11.1. The van der Waals surface area contributed by atoms with Gasteiger partial charge in [-0.15, -0.1) is 0 Å². The van der Waals surface area contributed by atoms with E-state index in [1.165, 1.54) is 7.11 Å². The van der Waals surface area contributed by atoms with E-state index in [9.17, 15) is 4.79 Å². The van der Waals surface area contributed by atoms with E-state index < -0.39 is 5.54 Å². The van der Waals surface area contributed by atoms with E-state index in [4.69, 9.17) is 4.74 Å². The normalized spacial score (nSPS) is 27.3. The number of carbonyl (C=O) groups is 1. The molecule has 1 aromatic heterocycles. The molecule has 0 amide bonds. The van der Waals surface area contributed by atoms with Gasteiger partial charge in [0.25, 0.3) is 0 Å². The van der Waals surface area contributed by atoms with Gasteiger partial charge >= 0.3 is 5.97 Å². The molecule has 0 bridgehead atoms. The molecule has 1 fully saturated rings. The lowest BCUT2D eigenvalue weighted by Crippen LogP contribution is -2.51. The molecule has 5 heteroatoms. The van der Waals surface area contributed by atoms with Gasteiger partial charge in [-0.05, 0) is 32.2 Å². The second-order valence-corrected chi connectivity index (χ2v) is 4.91. The Hall–Kier alpha value is -1.36. The maximum Gasteiger partial charge on any atom is 0.326 e. The SMILES string of the molecule is CCCNC1(C(=O)OC)CCC(n2ccnc2)C1. The van der Waals surface area contributed by atoms with Crippen molar-refractivity contribution in [1.82, 2.24) is 14.9 Å². The third-order valence-corrected chi connectivity index (χ3v) is 3.72. The molecule has 2 rings (SSSR count). The van der Waals surface area contributed by atoms with Gasteiger partial charge in [-0.25, -0.2) is 4.98 Å². The van der Waals surface area contributed by atoms with Crippen LogP contribution in [0.3, 0.4) is 0 Å². The first-order valence-corrected chi connectivity index (χ1v) is 6.53. The summed E-state index contributed by atoms with van der Waals surface area (Å²) >= 11 is 0. The average molecular weight is 251 g/mol. The van der Waals surface area contributed by atoms with Crippen molar-refractivity contribution in [3.63, 3.8) is 0 Å². The number of methoxy groups -OCH3 is 1. The van der Waals surface area contributed by atoms with Crippen LogP contribution >= 0.6 is 0 Å². The number of hydrogen-bond donors (Lipinski definition) is 1. The third-order valence-electron chi connectivity index (χ3n) is 3.72. The number of carbonyl (C=O) groups excluding carboxylic acids is 1. The standard InChI is InChI=1S/C13H21N3O2/c1-3-6-15-13(12(17)18-2)5-4-11(9-13)16-8-7-14-10-16/h7-8,10-11,15H,3-6,9H2,1-2H3. The molecular formula is C13H21N3O2. The molecule has 2 unspecified atom stereocenters. The molecular weight excluding hydrogens is 230 g/mol. The lowest BCUT2D eigenvalue weighted by molar-refractivity contribution is -0.148. The van der Waals surface area contributed by atoms with Crippen LogP contribution in [0.25, 0.3) is 0 Å². The van der Waals surface area contributed by atoms with E-state index in [1.54, 1.807) is 6.20 Å². The van der Waals surface area contributed by atoms with Crippen molar-refractivity contribution in [3.05, 3.63) is 18.7 Å². The number of aromatic nitrogens is 2. The first-order chi connectivity index (χ1) is 8.72. The average Bonchev–Trinajstić information content (AvgIpc) is 3.04. The van der Waals surface area contributed by atoms with Crippen molar-refractivity contribution in [2.45, 2.75) is 44.2 Å². The highest BCUT2D eigenvalue weighted by atomic mass is 16.5. The Morgan fingerprint density at radius 1 is 1.67 bits per heavy atom. The van der Waals surface area contributed by atoms with Gasteiger partial charge in [0, 0.05) is 18.4 Å². The second-order valence-electron chi connectivity index (χ2n) is 4.91. The molecule has 18 heavy (non-hydrogen) atoms. The minimum atomic E-state index is -0.514. The van der Waals surface area contributed by atoms with Crippen molar-refractivity contribution in [2.75, 3.05) is 13.7 Å². The lowest BCUT2D eigenvalue weighted by atomic mass is 9.97. The largest absolute Gasteiger partial charge is 0.468 e. The van der Waals surface area contributed by atoms with Gasteiger partial charge in [-0.3, -0.25) is 4.79 Å². The third kappa shape index (κ3) is 2.41. The van der Waals surface area contributed by atoms with Crippen LogP contribution in [-0.4, -0.2) is 34.7 Å². The van der Waals surface area contributed by atoms with Gasteiger partial charge in [0.15, 0.2) is 0 Å². The van der Waals surface area contributed by atoms with Gasteiger partial charge in [-0.2, -0.15) is 0 Å². The predicted molar refractivity (Wildman–Crippen MR) is 68.2 cm³/mol. The van der Waals surface area contributed by atoms with E-state index in [0.29, 0.717) is 6.04 Å². The van der Waals surface area contributed by atoms with Gasteiger partial charge in [-0.1, -0.05) is 6.92 Å². The summed E-state index contributed by atoms with van der Waals surface area (Å²) in [6, 6.07) is 0.330. The fourth-order valence-electron chi connectivity index (χ4n) is 2.74. The Morgan fingerprint density at radius 3 is 3.11 bits per heavy atom. The number of rotatable bonds is 5. The summed E-state index contributed by atoms with van der Waals surface area (Å²) in [5.41, 5.74) is -0.514. The smallest absolute Gasteiger partial charge is 0.326 e. The molecule has 100 valence electrons. The molecule has 0 saturated heterocycles. The number of imidazole rings is 1. The Bertz CT molecular complexity index is 391. The van der Waals surface area contributed by atoms with E-state index in [0.717, 1.165) is 32.2 Å². The Morgan fingerprint density at radius 2 is 2.50 bits per heavy atom. The predicted octanol–water partition coefficient (Wildman–Crippen LogP) is 1.52. The van der Waals surface area contributed by atoms with Crippen LogP contribution in [0, 0.1) is 0 Å². The monoisotopic (exact) mass is 251 g/mol. The van der Waals surface area contributed by atoms with Gasteiger partial charge in [0.2, 0.25) is 0 Å². The first-order valence-electron chi connectivity index (χ1n) is 6.53. The second kappa shape index (κ2) is 5.52. The quantitative estimate of drug-likeness (QED) is 0.806. The van der Waals surface area contributed by atoms with Gasteiger partial charge < -0.3 is 14.6 Å². The summed E-state index contributed by atoms with van der Waals surface area (Å²) < 4.78 is 7.06. The van der Waals surface area contributed by atoms with Crippen molar-refractivity contribution in [2.24, 2.45) is 0 Å². The van der Waals surface area contributed by atoms with Gasteiger partial charge in [0.1, 0.15) is 5.54 Å². The number of ether oxygens (including phenoxy) is 1. The molecule has 0 aliphatic heterocycles. The van der Waals surface area contributed by atoms with Crippen LogP contribution in [-0.2, 0) is 9.53 Å². The van der Waals surface area contributed by atoms with Crippen LogP contribution in [0.4, 0.5) is 0 Å². The number of nitrogens with zero attached hydrogens (tertiary/aromatic N) is 2. The number of nitrogens with one attached hydrogen (secondary N) is 1.